The second kappa shape index (κ2) is 3.76. The molecule has 0 heterocycles. The molecular weight excluding hydrogens is 140 g/mol. The predicted octanol–water partition coefficient (Wildman–Crippen LogP) is 2.23. The molecule has 0 saturated heterocycles. The Bertz CT molecular complexity index is 236. The van der Waals surface area contributed by atoms with Crippen molar-refractivity contribution in [1.82, 2.24) is 0 Å². The van der Waals surface area contributed by atoms with Crippen LogP contribution in [0.5, 0.6) is 5.75 Å². The van der Waals surface area contributed by atoms with E-state index in [1.807, 2.05) is 0 Å². The second-order valence-electron chi connectivity index (χ2n) is 2.10. The molecule has 0 aliphatic heterocycles. The number of phenols is 1. The molecule has 11 heavy (non-hydrogen) atoms. The highest BCUT2D eigenvalue weighted by Crippen LogP contribution is 2.09. The molecule has 1 aromatic rings. The van der Waals surface area contributed by atoms with Crippen molar-refractivity contribution in [3.63, 3.8) is 0 Å². The zero-order chi connectivity index (χ0) is 7.56. The molecule has 0 aliphatic carbocycles. The summed E-state index contributed by atoms with van der Waals surface area (Å²) >= 11 is 0. The van der Waals surface area contributed by atoms with Crippen molar-refractivity contribution < 1.29 is 9.90 Å². The molecule has 0 aromatic heterocycles. The first-order valence-electron chi connectivity index (χ1n) is 3.00. The van der Waals surface area contributed by atoms with Crippen LogP contribution in [0, 0.1) is 0 Å². The lowest BCUT2D eigenvalue weighted by Crippen LogP contribution is -1.89. The summed E-state index contributed by atoms with van der Waals surface area (Å²) in [6, 6.07) is 6.18. The van der Waals surface area contributed by atoms with E-state index in [-0.39, 0.29) is 19.0 Å². The van der Waals surface area contributed by atoms with Crippen molar-refractivity contribution in [2.45, 2.75) is 14.4 Å². The van der Waals surface area contributed by atoms with Crippen LogP contribution in [-0.2, 0) is 0 Å². The van der Waals surface area contributed by atoms with Gasteiger partial charge in [0.2, 0.25) is 0 Å². The van der Waals surface area contributed by atoms with Gasteiger partial charge in [-0.15, -0.1) is 0 Å². The highest BCUT2D eigenvalue weighted by atomic mass is 16.3. The van der Waals surface area contributed by atoms with E-state index < -0.39 is 0 Å². The van der Waals surface area contributed by atoms with Gasteiger partial charge in [-0.25, -0.2) is 0 Å². The molecule has 0 unspecified atom stereocenters. The van der Waals surface area contributed by atoms with Gasteiger partial charge in [-0.3, -0.25) is 4.79 Å². The molecule has 0 spiro atoms. The fraction of sp³-hybridized carbons (Fsp3) is 0.222. The Labute approximate surface area is 66.5 Å². The molecule has 1 rings (SSSR count). The fourth-order valence-electron chi connectivity index (χ4n) is 0.696. The van der Waals surface area contributed by atoms with E-state index in [4.69, 9.17) is 5.11 Å². The van der Waals surface area contributed by atoms with Gasteiger partial charge in [0.25, 0.3) is 0 Å². The summed E-state index contributed by atoms with van der Waals surface area (Å²) < 4.78 is 0. The van der Waals surface area contributed by atoms with E-state index >= 15 is 0 Å². The molecule has 60 valence electrons. The number of aromatic hydroxyl groups is 1. The first-order valence-corrected chi connectivity index (χ1v) is 3.00. The largest absolute Gasteiger partial charge is 0.508 e. The van der Waals surface area contributed by atoms with E-state index in [0.717, 1.165) is 0 Å². The van der Waals surface area contributed by atoms with Crippen LogP contribution in [0.4, 0.5) is 0 Å². The number of benzene rings is 1. The summed E-state index contributed by atoms with van der Waals surface area (Å²) in [6.45, 7) is 1.49. The molecule has 0 atom stereocenters. The Morgan fingerprint density at radius 2 is 1.73 bits per heavy atom. The standard InChI is InChI=1S/C8H8O2.CH4/c1-6(9)7-2-4-8(10)5-3-7;/h2-5,10H,1H3;1H4. The lowest BCUT2D eigenvalue weighted by Gasteiger charge is -1.93. The monoisotopic (exact) mass is 152 g/mol. The molecule has 0 aliphatic rings. The Hall–Kier alpha value is -1.31. The maximum Gasteiger partial charge on any atom is 0.159 e. The van der Waals surface area contributed by atoms with Crippen LogP contribution < -0.4 is 0 Å². The normalized spacial score (nSPS) is 8.45. The molecule has 0 fully saturated rings. The van der Waals surface area contributed by atoms with E-state index in [9.17, 15) is 4.79 Å². The summed E-state index contributed by atoms with van der Waals surface area (Å²) in [7, 11) is 0. The number of rotatable bonds is 1. The number of phenolic OH excluding ortho intramolecular Hbond substituents is 1. The molecular formula is C9H12O2. The third kappa shape index (κ3) is 2.42. The van der Waals surface area contributed by atoms with Gasteiger partial charge in [-0.1, -0.05) is 7.43 Å². The van der Waals surface area contributed by atoms with Crippen LogP contribution in [0.1, 0.15) is 24.7 Å². The van der Waals surface area contributed by atoms with Crippen molar-refractivity contribution >= 4 is 5.78 Å². The topological polar surface area (TPSA) is 37.3 Å². The Morgan fingerprint density at radius 3 is 2.09 bits per heavy atom. The van der Waals surface area contributed by atoms with Crippen LogP contribution in [0.2, 0.25) is 0 Å². The van der Waals surface area contributed by atoms with E-state index in [1.54, 1.807) is 12.1 Å². The molecule has 2 nitrogen and oxygen atoms in total. The van der Waals surface area contributed by atoms with Crippen molar-refractivity contribution in [2.24, 2.45) is 0 Å². The van der Waals surface area contributed by atoms with Crippen molar-refractivity contribution in [1.29, 1.82) is 0 Å². The van der Waals surface area contributed by atoms with Crippen LogP contribution in [0.3, 0.4) is 0 Å². The van der Waals surface area contributed by atoms with Crippen LogP contribution in [-0.4, -0.2) is 10.9 Å². The van der Waals surface area contributed by atoms with E-state index in [1.165, 1.54) is 19.1 Å². The Balaban J connectivity index is 0.000001000. The predicted molar refractivity (Wildman–Crippen MR) is 44.8 cm³/mol. The van der Waals surface area contributed by atoms with Gasteiger partial charge < -0.3 is 5.11 Å². The summed E-state index contributed by atoms with van der Waals surface area (Å²) in [4.78, 5) is 10.7. The highest BCUT2D eigenvalue weighted by molar-refractivity contribution is 5.94. The molecule has 0 amide bonds. The molecule has 1 N–H and O–H groups in total. The summed E-state index contributed by atoms with van der Waals surface area (Å²) in [6.07, 6.45) is 0. The molecule has 0 saturated carbocycles. The zero-order valence-corrected chi connectivity index (χ0v) is 5.66. The smallest absolute Gasteiger partial charge is 0.159 e. The highest BCUT2D eigenvalue weighted by Gasteiger charge is 1.96. The van der Waals surface area contributed by atoms with Gasteiger partial charge in [-0.05, 0) is 31.2 Å². The van der Waals surface area contributed by atoms with Crippen molar-refractivity contribution in [2.75, 3.05) is 0 Å². The van der Waals surface area contributed by atoms with Crippen LogP contribution in [0.15, 0.2) is 24.3 Å². The lowest BCUT2D eigenvalue weighted by molar-refractivity contribution is 0.101. The number of carbonyl (C=O) groups excluding carboxylic acids is 1. The molecule has 0 bridgehead atoms. The molecule has 0 radical (unpaired) electrons. The van der Waals surface area contributed by atoms with Gasteiger partial charge in [-0.2, -0.15) is 0 Å². The van der Waals surface area contributed by atoms with Gasteiger partial charge in [0, 0.05) is 5.56 Å². The Kier molecular flexibility index (Phi) is 3.31. The van der Waals surface area contributed by atoms with Gasteiger partial charge in [0.05, 0.1) is 0 Å². The van der Waals surface area contributed by atoms with E-state index in [2.05, 4.69) is 0 Å². The average molecular weight is 152 g/mol. The summed E-state index contributed by atoms with van der Waals surface area (Å²) in [5.74, 6) is 0.199. The van der Waals surface area contributed by atoms with Crippen molar-refractivity contribution in [3.05, 3.63) is 29.8 Å². The molecule has 2 heteroatoms. The summed E-state index contributed by atoms with van der Waals surface area (Å²) in [5, 5.41) is 8.83. The summed E-state index contributed by atoms with van der Waals surface area (Å²) in [5.41, 5.74) is 0.623. The number of hydrogen-bond acceptors (Lipinski definition) is 2. The minimum absolute atomic E-state index is 0. The lowest BCUT2D eigenvalue weighted by atomic mass is 10.1. The SMILES string of the molecule is C.CC(=O)c1ccc(O)cc1. The van der Waals surface area contributed by atoms with Crippen molar-refractivity contribution in [3.8, 4) is 5.75 Å². The number of ketones is 1. The average Bonchev–Trinajstić information content (AvgIpc) is 1.88. The quantitative estimate of drug-likeness (QED) is 0.626. The number of Topliss-reactive ketones (excluding diaryl/α,β-unsaturated/α-hetero) is 1. The third-order valence-corrected chi connectivity index (χ3v) is 1.27. The van der Waals surface area contributed by atoms with Crippen LogP contribution >= 0.6 is 0 Å². The van der Waals surface area contributed by atoms with Gasteiger partial charge in [0.15, 0.2) is 5.78 Å². The first kappa shape index (κ1) is 9.69. The van der Waals surface area contributed by atoms with Crippen LogP contribution in [0.25, 0.3) is 0 Å². The third-order valence-electron chi connectivity index (χ3n) is 1.27. The molecule has 1 aromatic carbocycles. The number of hydrogen-bond donors (Lipinski definition) is 1. The van der Waals surface area contributed by atoms with Gasteiger partial charge in [0.1, 0.15) is 5.75 Å². The minimum Gasteiger partial charge on any atom is -0.508 e. The maximum absolute atomic E-state index is 10.7. The van der Waals surface area contributed by atoms with E-state index in [0.29, 0.717) is 5.56 Å². The Morgan fingerprint density at radius 1 is 1.27 bits per heavy atom. The number of carbonyl (C=O) groups is 1. The fourth-order valence-corrected chi connectivity index (χ4v) is 0.696. The first-order chi connectivity index (χ1) is 4.70. The van der Waals surface area contributed by atoms with Gasteiger partial charge >= 0.3 is 0 Å². The second-order valence-corrected chi connectivity index (χ2v) is 2.10. The maximum atomic E-state index is 10.7. The minimum atomic E-state index is 0. The zero-order valence-electron chi connectivity index (χ0n) is 5.66.